The fourth-order valence-corrected chi connectivity index (χ4v) is 1.46. The predicted molar refractivity (Wildman–Crippen MR) is 50.0 cm³/mol. The van der Waals surface area contributed by atoms with Crippen molar-refractivity contribution in [2.45, 2.75) is 19.1 Å². The van der Waals surface area contributed by atoms with E-state index in [1.54, 1.807) is 17.9 Å². The van der Waals surface area contributed by atoms with Crippen molar-refractivity contribution in [2.75, 3.05) is 13.2 Å². The van der Waals surface area contributed by atoms with E-state index >= 15 is 0 Å². The number of carbonyl (C=O) groups excluding carboxylic acids is 1. The Morgan fingerprint density at radius 2 is 2.33 bits per heavy atom. The lowest BCUT2D eigenvalue weighted by Crippen LogP contribution is -2.16. The smallest absolute Gasteiger partial charge is 0.164 e. The van der Waals surface area contributed by atoms with Crippen molar-refractivity contribution in [3.8, 4) is 0 Å². The van der Waals surface area contributed by atoms with Crippen LogP contribution in [0, 0.1) is 0 Å². The molecule has 0 aromatic carbocycles. The van der Waals surface area contributed by atoms with E-state index in [4.69, 9.17) is 9.47 Å². The first-order valence-electron chi connectivity index (χ1n) is 4.84. The number of rotatable bonds is 4. The Hall–Kier alpha value is -1.27. The summed E-state index contributed by atoms with van der Waals surface area (Å²) in [5.41, 5.74) is 0.681. The first-order valence-corrected chi connectivity index (χ1v) is 4.84. The summed E-state index contributed by atoms with van der Waals surface area (Å²) in [7, 11) is 1.77. The largest absolute Gasteiger partial charge is 0.350 e. The number of ether oxygens (including phenoxy) is 2. The molecule has 0 atom stereocenters. The van der Waals surface area contributed by atoms with Gasteiger partial charge in [-0.25, -0.2) is 0 Å². The van der Waals surface area contributed by atoms with Crippen LogP contribution < -0.4 is 0 Å². The molecule has 0 unspecified atom stereocenters. The summed E-state index contributed by atoms with van der Waals surface area (Å²) in [4.78, 5) is 11.5. The molecule has 2 rings (SSSR count). The molecule has 0 spiro atoms. The molecule has 1 aliphatic heterocycles. The fraction of sp³-hybridized carbons (Fsp3) is 0.667. The molecule has 1 fully saturated rings. The van der Waals surface area contributed by atoms with E-state index in [0.29, 0.717) is 18.9 Å². The molecule has 0 N–H and O–H groups in total. The molecule has 15 heavy (non-hydrogen) atoms. The summed E-state index contributed by atoms with van der Waals surface area (Å²) in [5, 5.41) is 7.59. The van der Waals surface area contributed by atoms with E-state index in [9.17, 15) is 4.79 Å². The van der Waals surface area contributed by atoms with Crippen molar-refractivity contribution >= 4 is 5.78 Å². The van der Waals surface area contributed by atoms with Crippen LogP contribution in [-0.2, 0) is 27.7 Å². The maximum atomic E-state index is 11.5. The van der Waals surface area contributed by atoms with Crippen molar-refractivity contribution < 1.29 is 14.3 Å². The molecule has 1 aromatic heterocycles. The minimum atomic E-state index is -0.367. The first kappa shape index (κ1) is 10.3. The molecular formula is C9H13N3O3. The Balaban J connectivity index is 1.81. The molecule has 0 saturated carbocycles. The third-order valence-electron chi connectivity index (χ3n) is 2.11. The second kappa shape index (κ2) is 4.50. The number of hydrogen-bond donors (Lipinski definition) is 0. The first-order chi connectivity index (χ1) is 7.24. The van der Waals surface area contributed by atoms with Crippen LogP contribution >= 0.6 is 0 Å². The van der Waals surface area contributed by atoms with Crippen molar-refractivity contribution in [1.82, 2.24) is 15.0 Å². The van der Waals surface area contributed by atoms with Crippen molar-refractivity contribution in [1.29, 1.82) is 0 Å². The number of ketones is 1. The van der Waals surface area contributed by atoms with E-state index < -0.39 is 0 Å². The highest BCUT2D eigenvalue weighted by molar-refractivity contribution is 5.80. The van der Waals surface area contributed by atoms with Crippen LogP contribution in [0.5, 0.6) is 0 Å². The van der Waals surface area contributed by atoms with Gasteiger partial charge in [0.25, 0.3) is 0 Å². The topological polar surface area (TPSA) is 66.2 Å². The van der Waals surface area contributed by atoms with Crippen LogP contribution in [0.1, 0.15) is 12.1 Å². The molecule has 0 radical (unpaired) electrons. The van der Waals surface area contributed by atoms with E-state index in [2.05, 4.69) is 10.3 Å². The zero-order chi connectivity index (χ0) is 10.7. The Labute approximate surface area is 87.2 Å². The lowest BCUT2D eigenvalue weighted by atomic mass is 10.2. The molecule has 0 bridgehead atoms. The Bertz CT molecular complexity index is 344. The molecule has 2 heterocycles. The normalized spacial score (nSPS) is 17.1. The number of nitrogens with zero attached hydrogens (tertiary/aromatic N) is 3. The van der Waals surface area contributed by atoms with Gasteiger partial charge in [0.2, 0.25) is 0 Å². The zero-order valence-corrected chi connectivity index (χ0v) is 8.55. The van der Waals surface area contributed by atoms with E-state index in [-0.39, 0.29) is 24.9 Å². The fourth-order valence-electron chi connectivity index (χ4n) is 1.46. The summed E-state index contributed by atoms with van der Waals surface area (Å²) in [5.74, 6) is 0.0578. The van der Waals surface area contributed by atoms with Crippen LogP contribution in [0.25, 0.3) is 0 Å². The summed E-state index contributed by atoms with van der Waals surface area (Å²) in [6.07, 6.45) is 1.94. The molecule has 6 nitrogen and oxygen atoms in total. The van der Waals surface area contributed by atoms with Gasteiger partial charge < -0.3 is 9.47 Å². The minimum Gasteiger partial charge on any atom is -0.350 e. The standard InChI is InChI=1S/C9H13N3O3/c1-12-6-7(10-11-12)4-8(13)5-9-14-2-3-15-9/h6,9H,2-5H2,1H3. The summed E-state index contributed by atoms with van der Waals surface area (Å²) in [6, 6.07) is 0. The van der Waals surface area contributed by atoms with Crippen LogP contribution in [0.15, 0.2) is 6.20 Å². The second-order valence-corrected chi connectivity index (χ2v) is 3.47. The van der Waals surface area contributed by atoms with Gasteiger partial charge >= 0.3 is 0 Å². The SMILES string of the molecule is Cn1cc(CC(=O)CC2OCCO2)nn1. The maximum absolute atomic E-state index is 11.5. The third kappa shape index (κ3) is 2.84. The number of aryl methyl sites for hydroxylation is 1. The molecule has 82 valence electrons. The third-order valence-corrected chi connectivity index (χ3v) is 2.11. The van der Waals surface area contributed by atoms with Gasteiger partial charge in [-0.1, -0.05) is 5.21 Å². The summed E-state index contributed by atoms with van der Waals surface area (Å²) >= 11 is 0. The van der Waals surface area contributed by atoms with Crippen molar-refractivity contribution in [2.24, 2.45) is 7.05 Å². The molecule has 0 aliphatic carbocycles. The van der Waals surface area contributed by atoms with E-state index in [0.717, 1.165) is 0 Å². The molecule has 1 saturated heterocycles. The number of Topliss-reactive ketones (excluding diaryl/α,β-unsaturated/α-hetero) is 1. The molecule has 6 heteroatoms. The number of aromatic nitrogens is 3. The van der Waals surface area contributed by atoms with Crippen LogP contribution in [0.2, 0.25) is 0 Å². The van der Waals surface area contributed by atoms with E-state index in [1.165, 1.54) is 0 Å². The highest BCUT2D eigenvalue weighted by Gasteiger charge is 2.20. The van der Waals surface area contributed by atoms with Gasteiger partial charge in [-0.15, -0.1) is 5.10 Å². The van der Waals surface area contributed by atoms with Gasteiger partial charge in [0.15, 0.2) is 6.29 Å². The average molecular weight is 211 g/mol. The van der Waals surface area contributed by atoms with Gasteiger partial charge in [-0.05, 0) is 0 Å². The Kier molecular flexibility index (Phi) is 3.08. The van der Waals surface area contributed by atoms with Crippen molar-refractivity contribution in [3.63, 3.8) is 0 Å². The average Bonchev–Trinajstić information content (AvgIpc) is 2.77. The second-order valence-electron chi connectivity index (χ2n) is 3.47. The van der Waals surface area contributed by atoms with Gasteiger partial charge in [-0.3, -0.25) is 9.48 Å². The highest BCUT2D eigenvalue weighted by Crippen LogP contribution is 2.09. The molecule has 0 amide bonds. The Morgan fingerprint density at radius 3 is 2.93 bits per heavy atom. The van der Waals surface area contributed by atoms with E-state index in [1.807, 2.05) is 0 Å². The quantitative estimate of drug-likeness (QED) is 0.683. The predicted octanol–water partition coefficient (Wildman–Crippen LogP) is -0.310. The van der Waals surface area contributed by atoms with Gasteiger partial charge in [0.05, 0.1) is 31.7 Å². The highest BCUT2D eigenvalue weighted by atomic mass is 16.7. The van der Waals surface area contributed by atoms with Crippen LogP contribution in [-0.4, -0.2) is 40.3 Å². The monoisotopic (exact) mass is 211 g/mol. The molecule has 1 aromatic rings. The molecule has 1 aliphatic rings. The lowest BCUT2D eigenvalue weighted by molar-refractivity contribution is -0.126. The summed E-state index contributed by atoms with van der Waals surface area (Å²) in [6.45, 7) is 1.15. The van der Waals surface area contributed by atoms with Gasteiger partial charge in [0.1, 0.15) is 5.78 Å². The van der Waals surface area contributed by atoms with Gasteiger partial charge in [0, 0.05) is 13.2 Å². The van der Waals surface area contributed by atoms with Crippen LogP contribution in [0.3, 0.4) is 0 Å². The molecular weight excluding hydrogens is 198 g/mol. The van der Waals surface area contributed by atoms with Crippen molar-refractivity contribution in [3.05, 3.63) is 11.9 Å². The summed E-state index contributed by atoms with van der Waals surface area (Å²) < 4.78 is 11.9. The number of carbonyl (C=O) groups is 1. The minimum absolute atomic E-state index is 0.0578. The van der Waals surface area contributed by atoms with Gasteiger partial charge in [-0.2, -0.15) is 0 Å². The van der Waals surface area contributed by atoms with Crippen LogP contribution in [0.4, 0.5) is 0 Å². The zero-order valence-electron chi connectivity index (χ0n) is 8.55. The maximum Gasteiger partial charge on any atom is 0.164 e. The Morgan fingerprint density at radius 1 is 1.60 bits per heavy atom. The lowest BCUT2D eigenvalue weighted by Gasteiger charge is -2.06. The number of hydrogen-bond acceptors (Lipinski definition) is 5.